The maximum atomic E-state index is 15.0. The molecule has 5 rings (SSSR count). The summed E-state index contributed by atoms with van der Waals surface area (Å²) in [6.07, 6.45) is 0.504. The molecule has 1 saturated heterocycles. The first-order valence-corrected chi connectivity index (χ1v) is 13.7. The molecule has 7 nitrogen and oxygen atoms in total. The highest BCUT2D eigenvalue weighted by molar-refractivity contribution is 5.71. The van der Waals surface area contributed by atoms with Gasteiger partial charge in [0.05, 0.1) is 25.3 Å². The van der Waals surface area contributed by atoms with Crippen LogP contribution in [0.25, 0.3) is 11.1 Å². The van der Waals surface area contributed by atoms with Crippen molar-refractivity contribution in [2.75, 3.05) is 20.2 Å². The second kappa shape index (κ2) is 11.7. The normalized spacial score (nSPS) is 20.0. The number of hydrogen-bond acceptors (Lipinski definition) is 6. The number of methoxy groups -OCH3 is 1. The first kappa shape index (κ1) is 28.9. The van der Waals surface area contributed by atoms with Gasteiger partial charge in [-0.25, -0.2) is 18.2 Å². The van der Waals surface area contributed by atoms with E-state index in [4.69, 9.17) is 9.47 Å². The molecule has 1 fully saturated rings. The summed E-state index contributed by atoms with van der Waals surface area (Å²) in [5, 5.41) is 19.8. The largest absolute Gasteiger partial charge is 0.485 e. The van der Waals surface area contributed by atoms with E-state index in [1.807, 2.05) is 29.2 Å². The van der Waals surface area contributed by atoms with Gasteiger partial charge in [-0.3, -0.25) is 9.69 Å². The molecular formula is C31H33F3N2O5. The fourth-order valence-electron chi connectivity index (χ4n) is 5.45. The highest BCUT2D eigenvalue weighted by Crippen LogP contribution is 2.40. The van der Waals surface area contributed by atoms with Gasteiger partial charge in [0.1, 0.15) is 17.7 Å². The Morgan fingerprint density at radius 3 is 2.63 bits per heavy atom. The van der Waals surface area contributed by atoms with E-state index in [9.17, 15) is 28.2 Å². The number of ether oxygens (including phenoxy) is 2. The Bertz CT molecular complexity index is 1420. The van der Waals surface area contributed by atoms with E-state index in [1.54, 1.807) is 12.1 Å². The molecule has 41 heavy (non-hydrogen) atoms. The Morgan fingerprint density at radius 1 is 1.17 bits per heavy atom. The van der Waals surface area contributed by atoms with Crippen LogP contribution in [0.5, 0.6) is 11.6 Å². The molecule has 3 aromatic rings. The number of halogens is 3. The second-order valence-electron chi connectivity index (χ2n) is 10.8. The van der Waals surface area contributed by atoms with Gasteiger partial charge in [-0.05, 0) is 53.6 Å². The molecule has 2 N–H and O–H groups in total. The van der Waals surface area contributed by atoms with Crippen molar-refractivity contribution in [1.29, 1.82) is 0 Å². The van der Waals surface area contributed by atoms with Crippen LogP contribution in [0.3, 0.4) is 0 Å². The molecular weight excluding hydrogens is 537 g/mol. The smallest absolute Gasteiger partial charge is 0.309 e. The molecule has 1 unspecified atom stereocenters. The van der Waals surface area contributed by atoms with Crippen molar-refractivity contribution in [3.63, 3.8) is 0 Å². The summed E-state index contributed by atoms with van der Waals surface area (Å²) in [6.45, 7) is 2.26. The number of aliphatic hydroxyl groups is 1. The summed E-state index contributed by atoms with van der Waals surface area (Å²) in [4.78, 5) is 17.3. The molecule has 0 spiro atoms. The van der Waals surface area contributed by atoms with Crippen molar-refractivity contribution in [2.45, 2.75) is 57.3 Å². The molecule has 0 aliphatic carbocycles. The molecule has 2 aliphatic heterocycles. The molecule has 2 aliphatic rings. The van der Waals surface area contributed by atoms with Crippen molar-refractivity contribution in [2.24, 2.45) is 5.92 Å². The van der Waals surface area contributed by atoms with Gasteiger partial charge in [-0.1, -0.05) is 30.3 Å². The third-order valence-electron chi connectivity index (χ3n) is 8.05. The van der Waals surface area contributed by atoms with E-state index in [-0.39, 0.29) is 37.9 Å². The summed E-state index contributed by atoms with van der Waals surface area (Å²) < 4.78 is 54.2. The number of piperidine rings is 1. The van der Waals surface area contributed by atoms with Crippen LogP contribution in [0, 0.1) is 11.7 Å². The molecule has 10 heteroatoms. The second-order valence-corrected chi connectivity index (χ2v) is 10.8. The van der Waals surface area contributed by atoms with E-state index in [0.717, 1.165) is 22.9 Å². The third-order valence-corrected chi connectivity index (χ3v) is 8.05. The predicted octanol–water partition coefficient (Wildman–Crippen LogP) is 5.95. The van der Waals surface area contributed by atoms with Crippen molar-refractivity contribution in [3.8, 4) is 22.8 Å². The molecule has 2 aromatic carbocycles. The Kier molecular flexibility index (Phi) is 8.24. The minimum absolute atomic E-state index is 0.226. The number of benzene rings is 2. The summed E-state index contributed by atoms with van der Waals surface area (Å²) in [6, 6.07) is 12.4. The zero-order chi connectivity index (χ0) is 29.3. The molecule has 0 amide bonds. The van der Waals surface area contributed by atoms with Crippen molar-refractivity contribution in [3.05, 3.63) is 76.7 Å². The Balaban J connectivity index is 1.46. The van der Waals surface area contributed by atoms with E-state index in [2.05, 4.69) is 4.98 Å². The number of carboxylic acid groups (broad SMARTS) is 1. The quantitative estimate of drug-likeness (QED) is 0.346. The molecule has 3 atom stereocenters. The lowest BCUT2D eigenvalue weighted by Crippen LogP contribution is -2.38. The number of pyridine rings is 1. The number of hydrogen-bond donors (Lipinski definition) is 2. The van der Waals surface area contributed by atoms with Crippen LogP contribution in [-0.4, -0.2) is 52.2 Å². The number of aliphatic hydroxyl groups excluding tert-OH is 1. The average molecular weight is 571 g/mol. The summed E-state index contributed by atoms with van der Waals surface area (Å²) in [5.74, 6) is -4.44. The van der Waals surface area contributed by atoms with Crippen LogP contribution in [0.1, 0.15) is 60.6 Å². The number of carbonyl (C=O) groups is 1. The van der Waals surface area contributed by atoms with Crippen molar-refractivity contribution in [1.82, 2.24) is 9.88 Å². The third kappa shape index (κ3) is 6.33. The monoisotopic (exact) mass is 570 g/mol. The first-order valence-electron chi connectivity index (χ1n) is 13.7. The Hall–Kier alpha value is -3.63. The molecule has 0 radical (unpaired) electrons. The number of likely N-dealkylation sites (tertiary alicyclic amines) is 1. The number of aromatic nitrogens is 1. The molecule has 1 aromatic heterocycles. The summed E-state index contributed by atoms with van der Waals surface area (Å²) in [7, 11) is 1.45. The summed E-state index contributed by atoms with van der Waals surface area (Å²) in [5.41, 5.74) is 3.96. The standard InChI is InChI=1S/C31H33F3N2O5/c1-18(30(38)39)29(37)21-4-3-19-6-8-26(41-27(19)14-21)20-5-7-23(24-15-28(40-2)35-16-25(24)32)22(13-20)17-36-11-9-31(33,34)10-12-36/h3-5,7,13-16,18,26,29,37H,6,8-12,17H2,1-2H3,(H,38,39)/t18-,26?,29+/m0/s1. The zero-order valence-electron chi connectivity index (χ0n) is 22.9. The molecule has 0 bridgehead atoms. The van der Waals surface area contributed by atoms with Crippen molar-refractivity contribution < 1.29 is 37.7 Å². The lowest BCUT2D eigenvalue weighted by Gasteiger charge is -2.33. The Morgan fingerprint density at radius 2 is 1.93 bits per heavy atom. The highest BCUT2D eigenvalue weighted by atomic mass is 19.3. The number of aliphatic carboxylic acids is 1. The molecule has 0 saturated carbocycles. The van der Waals surface area contributed by atoms with E-state index >= 15 is 0 Å². The van der Waals surface area contributed by atoms with E-state index < -0.39 is 29.7 Å². The topological polar surface area (TPSA) is 92.1 Å². The van der Waals surface area contributed by atoms with Gasteiger partial charge in [0.2, 0.25) is 5.88 Å². The number of nitrogens with zero attached hydrogens (tertiary/aromatic N) is 2. The minimum atomic E-state index is -2.68. The molecule has 218 valence electrons. The van der Waals surface area contributed by atoms with Crippen LogP contribution >= 0.6 is 0 Å². The zero-order valence-corrected chi connectivity index (χ0v) is 22.9. The first-order chi connectivity index (χ1) is 19.5. The van der Waals surface area contributed by atoms with E-state index in [0.29, 0.717) is 41.8 Å². The average Bonchev–Trinajstić information content (AvgIpc) is 2.97. The molecule has 3 heterocycles. The maximum Gasteiger partial charge on any atom is 0.309 e. The van der Waals surface area contributed by atoms with Crippen LogP contribution in [0.2, 0.25) is 0 Å². The van der Waals surface area contributed by atoms with Gasteiger partial charge in [0.25, 0.3) is 5.92 Å². The van der Waals surface area contributed by atoms with Gasteiger partial charge in [-0.2, -0.15) is 0 Å². The van der Waals surface area contributed by atoms with Crippen LogP contribution < -0.4 is 9.47 Å². The SMILES string of the molecule is COc1cc(-c2ccc(C3CCc4ccc([C@H](O)[C@H](C)C(=O)O)cc4O3)cc2CN2CCC(F)(F)CC2)c(F)cn1. The number of rotatable bonds is 8. The van der Waals surface area contributed by atoms with E-state index in [1.165, 1.54) is 20.1 Å². The maximum absolute atomic E-state index is 15.0. The van der Waals surface area contributed by atoms with Gasteiger partial charge in [0.15, 0.2) is 0 Å². The lowest BCUT2D eigenvalue weighted by molar-refractivity contribution is -0.145. The van der Waals surface area contributed by atoms with Gasteiger partial charge >= 0.3 is 5.97 Å². The lowest BCUT2D eigenvalue weighted by atomic mass is 9.90. The van der Waals surface area contributed by atoms with Crippen LogP contribution in [0.15, 0.2) is 48.7 Å². The number of alkyl halides is 2. The van der Waals surface area contributed by atoms with Gasteiger partial charge in [-0.15, -0.1) is 0 Å². The highest BCUT2D eigenvalue weighted by Gasteiger charge is 2.34. The number of carboxylic acids is 1. The fraction of sp³-hybridized carbons (Fsp3) is 0.419. The minimum Gasteiger partial charge on any atom is -0.485 e. The number of aryl methyl sites for hydroxylation is 1. The Labute approximate surface area is 236 Å². The van der Waals surface area contributed by atoms with Crippen LogP contribution in [0.4, 0.5) is 13.2 Å². The van der Waals surface area contributed by atoms with Crippen molar-refractivity contribution >= 4 is 5.97 Å². The number of fused-ring (bicyclic) bond motifs is 1. The summed E-state index contributed by atoms with van der Waals surface area (Å²) >= 11 is 0. The fourth-order valence-corrected chi connectivity index (χ4v) is 5.45. The predicted molar refractivity (Wildman–Crippen MR) is 146 cm³/mol. The van der Waals surface area contributed by atoms with Gasteiger partial charge in [0, 0.05) is 44.1 Å². The van der Waals surface area contributed by atoms with Gasteiger partial charge < -0.3 is 19.7 Å². The van der Waals surface area contributed by atoms with Crippen LogP contribution in [-0.2, 0) is 17.8 Å².